The molecule has 0 spiro atoms. The number of rotatable bonds is 5. The van der Waals surface area contributed by atoms with Gasteiger partial charge in [-0.2, -0.15) is 5.26 Å². The molecular formula is C17H19N3O. The minimum absolute atomic E-state index is 0.423. The van der Waals surface area contributed by atoms with Gasteiger partial charge in [-0.25, -0.2) is 4.98 Å². The monoisotopic (exact) mass is 281 g/mol. The normalized spacial score (nSPS) is 15.2. The summed E-state index contributed by atoms with van der Waals surface area (Å²) in [4.78, 5) is 4.53. The van der Waals surface area contributed by atoms with Crippen LogP contribution in [0.1, 0.15) is 31.2 Å². The van der Waals surface area contributed by atoms with Crippen LogP contribution in [-0.4, -0.2) is 24.2 Å². The summed E-state index contributed by atoms with van der Waals surface area (Å²) in [7, 11) is 0. The second-order valence-corrected chi connectivity index (χ2v) is 5.39. The van der Waals surface area contributed by atoms with Crippen molar-refractivity contribution in [2.75, 3.05) is 18.5 Å². The fraction of sp³-hybridized carbons (Fsp3) is 0.412. The molecule has 1 N–H and O–H groups in total. The minimum Gasteiger partial charge on any atom is -0.376 e. The number of benzene rings is 1. The molecule has 1 aliphatic rings. The molecule has 1 aromatic heterocycles. The highest BCUT2D eigenvalue weighted by molar-refractivity contribution is 5.82. The maximum absolute atomic E-state index is 9.25. The average Bonchev–Trinajstić information content (AvgIpc) is 3.04. The van der Waals surface area contributed by atoms with E-state index >= 15 is 0 Å². The molecule has 1 heterocycles. The molecule has 4 heteroatoms. The summed E-state index contributed by atoms with van der Waals surface area (Å²) >= 11 is 0. The van der Waals surface area contributed by atoms with Gasteiger partial charge in [-0.05, 0) is 25.0 Å². The molecule has 1 fully saturated rings. The average molecular weight is 281 g/mol. The lowest BCUT2D eigenvalue weighted by atomic mass is 10.1. The molecule has 2 aromatic rings. The van der Waals surface area contributed by atoms with Gasteiger partial charge in [0.2, 0.25) is 0 Å². The van der Waals surface area contributed by atoms with Crippen molar-refractivity contribution in [3.8, 4) is 6.07 Å². The van der Waals surface area contributed by atoms with E-state index in [1.807, 2.05) is 30.3 Å². The summed E-state index contributed by atoms with van der Waals surface area (Å²) in [5.41, 5.74) is 1.48. The van der Waals surface area contributed by atoms with Crippen molar-refractivity contribution in [1.82, 2.24) is 4.98 Å². The summed E-state index contributed by atoms with van der Waals surface area (Å²) in [5, 5.41) is 13.5. The van der Waals surface area contributed by atoms with Gasteiger partial charge in [-0.15, -0.1) is 0 Å². The zero-order valence-corrected chi connectivity index (χ0v) is 12.0. The molecule has 21 heavy (non-hydrogen) atoms. The minimum atomic E-state index is 0.423. The molecule has 1 saturated carbocycles. The molecule has 0 unspecified atom stereocenters. The van der Waals surface area contributed by atoms with Crippen LogP contribution in [0.5, 0.6) is 0 Å². The lowest BCUT2D eigenvalue weighted by Crippen LogP contribution is -2.16. The third-order valence-corrected chi connectivity index (χ3v) is 3.89. The van der Waals surface area contributed by atoms with E-state index in [0.717, 1.165) is 10.9 Å². The second-order valence-electron chi connectivity index (χ2n) is 5.39. The molecule has 0 atom stereocenters. The van der Waals surface area contributed by atoms with Crippen LogP contribution in [0.2, 0.25) is 0 Å². The van der Waals surface area contributed by atoms with Gasteiger partial charge in [-0.3, -0.25) is 0 Å². The maximum atomic E-state index is 9.25. The maximum Gasteiger partial charge on any atom is 0.144 e. The van der Waals surface area contributed by atoms with Crippen molar-refractivity contribution >= 4 is 16.7 Å². The molecule has 0 aliphatic heterocycles. The summed E-state index contributed by atoms with van der Waals surface area (Å²) in [5.74, 6) is 0.645. The first kappa shape index (κ1) is 13.8. The van der Waals surface area contributed by atoms with E-state index in [1.54, 1.807) is 0 Å². The number of hydrogen-bond donors (Lipinski definition) is 1. The van der Waals surface area contributed by atoms with Gasteiger partial charge in [0.05, 0.1) is 23.8 Å². The number of hydrogen-bond acceptors (Lipinski definition) is 4. The van der Waals surface area contributed by atoms with Crippen LogP contribution in [0.4, 0.5) is 5.82 Å². The molecule has 108 valence electrons. The van der Waals surface area contributed by atoms with Gasteiger partial charge in [-0.1, -0.05) is 31.0 Å². The van der Waals surface area contributed by atoms with Crippen LogP contribution in [0.15, 0.2) is 30.3 Å². The third kappa shape index (κ3) is 3.32. The van der Waals surface area contributed by atoms with Gasteiger partial charge in [0.25, 0.3) is 0 Å². The molecule has 0 bridgehead atoms. The van der Waals surface area contributed by atoms with E-state index in [1.165, 1.54) is 25.7 Å². The Morgan fingerprint density at radius 3 is 2.90 bits per heavy atom. The second kappa shape index (κ2) is 6.55. The molecule has 1 aromatic carbocycles. The van der Waals surface area contributed by atoms with Crippen molar-refractivity contribution in [2.24, 2.45) is 0 Å². The molecule has 1 aliphatic carbocycles. The van der Waals surface area contributed by atoms with E-state index in [-0.39, 0.29) is 0 Å². The number of ether oxygens (including phenoxy) is 1. The molecule has 0 saturated heterocycles. The fourth-order valence-electron chi connectivity index (χ4n) is 2.79. The highest BCUT2D eigenvalue weighted by Gasteiger charge is 2.14. The summed E-state index contributed by atoms with van der Waals surface area (Å²) in [6.45, 7) is 1.33. The topological polar surface area (TPSA) is 57.9 Å². The molecule has 0 amide bonds. The lowest BCUT2D eigenvalue weighted by Gasteiger charge is -2.12. The fourth-order valence-corrected chi connectivity index (χ4v) is 2.79. The number of aromatic nitrogens is 1. The van der Waals surface area contributed by atoms with E-state index in [0.29, 0.717) is 30.6 Å². The Hall–Kier alpha value is -2.12. The quantitative estimate of drug-likeness (QED) is 0.852. The summed E-state index contributed by atoms with van der Waals surface area (Å²) in [6, 6.07) is 11.9. The van der Waals surface area contributed by atoms with Gasteiger partial charge in [0.15, 0.2) is 0 Å². The van der Waals surface area contributed by atoms with E-state index in [2.05, 4.69) is 16.4 Å². The SMILES string of the molecule is N#Cc1cc2ccccc2nc1NCCOC1CCCC1. The van der Waals surface area contributed by atoms with Crippen molar-refractivity contribution in [3.63, 3.8) is 0 Å². The van der Waals surface area contributed by atoms with E-state index in [9.17, 15) is 5.26 Å². The van der Waals surface area contributed by atoms with Gasteiger partial charge >= 0.3 is 0 Å². The standard InChI is InChI=1S/C17H19N3O/c18-12-14-11-13-5-1-4-8-16(13)20-17(14)19-9-10-21-15-6-2-3-7-15/h1,4-5,8,11,15H,2-3,6-7,9-10H2,(H,19,20). The third-order valence-electron chi connectivity index (χ3n) is 3.89. The Kier molecular flexibility index (Phi) is 4.32. The molecule has 0 radical (unpaired) electrons. The highest BCUT2D eigenvalue weighted by atomic mass is 16.5. The first-order chi connectivity index (χ1) is 10.4. The number of anilines is 1. The van der Waals surface area contributed by atoms with Gasteiger partial charge in [0, 0.05) is 11.9 Å². The zero-order valence-electron chi connectivity index (χ0n) is 12.0. The Labute approximate surface area is 124 Å². The van der Waals surface area contributed by atoms with Crippen molar-refractivity contribution < 1.29 is 4.74 Å². The van der Waals surface area contributed by atoms with Gasteiger partial charge < -0.3 is 10.1 Å². The molecule has 3 rings (SSSR count). The van der Waals surface area contributed by atoms with E-state index in [4.69, 9.17) is 4.74 Å². The van der Waals surface area contributed by atoms with Gasteiger partial charge in [0.1, 0.15) is 11.9 Å². The van der Waals surface area contributed by atoms with Crippen LogP contribution >= 0.6 is 0 Å². The lowest BCUT2D eigenvalue weighted by molar-refractivity contribution is 0.0659. The zero-order chi connectivity index (χ0) is 14.5. The van der Waals surface area contributed by atoms with E-state index < -0.39 is 0 Å². The molecular weight excluding hydrogens is 262 g/mol. The van der Waals surface area contributed by atoms with Crippen LogP contribution in [-0.2, 0) is 4.74 Å². The van der Waals surface area contributed by atoms with Crippen molar-refractivity contribution in [2.45, 2.75) is 31.8 Å². The number of nitriles is 1. The van der Waals surface area contributed by atoms with Crippen LogP contribution in [0.3, 0.4) is 0 Å². The highest BCUT2D eigenvalue weighted by Crippen LogP contribution is 2.21. The first-order valence-corrected chi connectivity index (χ1v) is 7.52. The number of para-hydroxylation sites is 1. The summed E-state index contributed by atoms with van der Waals surface area (Å²) < 4.78 is 5.81. The number of fused-ring (bicyclic) bond motifs is 1. The number of pyridine rings is 1. The predicted octanol–water partition coefficient (Wildman–Crippen LogP) is 3.48. The number of nitrogens with zero attached hydrogens (tertiary/aromatic N) is 2. The Morgan fingerprint density at radius 1 is 1.29 bits per heavy atom. The van der Waals surface area contributed by atoms with Crippen LogP contribution < -0.4 is 5.32 Å². The Balaban J connectivity index is 1.63. The predicted molar refractivity (Wildman–Crippen MR) is 83.2 cm³/mol. The van der Waals surface area contributed by atoms with Crippen LogP contribution in [0.25, 0.3) is 10.9 Å². The van der Waals surface area contributed by atoms with Crippen LogP contribution in [0, 0.1) is 11.3 Å². The number of nitrogens with one attached hydrogen (secondary N) is 1. The van der Waals surface area contributed by atoms with Crippen molar-refractivity contribution in [3.05, 3.63) is 35.9 Å². The smallest absolute Gasteiger partial charge is 0.144 e. The van der Waals surface area contributed by atoms with Crippen molar-refractivity contribution in [1.29, 1.82) is 5.26 Å². The Bertz CT molecular complexity index is 657. The Morgan fingerprint density at radius 2 is 2.10 bits per heavy atom. The summed E-state index contributed by atoms with van der Waals surface area (Å²) in [6.07, 6.45) is 5.34. The molecule has 4 nitrogen and oxygen atoms in total. The largest absolute Gasteiger partial charge is 0.376 e. The first-order valence-electron chi connectivity index (χ1n) is 7.52.